The molecule has 2 aromatic rings. The average Bonchev–Trinajstić information content (AvgIpc) is 2.46. The van der Waals surface area contributed by atoms with Crippen molar-refractivity contribution in [2.45, 2.75) is 0 Å². The van der Waals surface area contributed by atoms with Gasteiger partial charge in [0, 0.05) is 16.2 Å². The summed E-state index contributed by atoms with van der Waals surface area (Å²) in [5, 5.41) is 5.80. The van der Waals surface area contributed by atoms with Gasteiger partial charge in [-0.25, -0.2) is 0 Å². The van der Waals surface area contributed by atoms with Crippen LogP contribution >= 0.6 is 28.1 Å². The molecule has 0 heterocycles. The molecule has 3 nitrogen and oxygen atoms in total. The van der Waals surface area contributed by atoms with Gasteiger partial charge >= 0.3 is 0 Å². The molecule has 106 valence electrons. The summed E-state index contributed by atoms with van der Waals surface area (Å²) in [6.07, 6.45) is 3.18. The first kappa shape index (κ1) is 15.4. The van der Waals surface area contributed by atoms with E-state index in [1.165, 1.54) is 6.08 Å². The Morgan fingerprint density at radius 1 is 1.10 bits per heavy atom. The molecule has 0 radical (unpaired) electrons. The van der Waals surface area contributed by atoms with Crippen molar-refractivity contribution in [1.29, 1.82) is 0 Å². The maximum atomic E-state index is 11.7. The second-order valence-electron chi connectivity index (χ2n) is 4.20. The number of amides is 1. The fraction of sp³-hybridized carbons (Fsp3) is 0. The number of hydrogen-bond acceptors (Lipinski definition) is 2. The van der Waals surface area contributed by atoms with Crippen LogP contribution in [0.1, 0.15) is 5.56 Å². The van der Waals surface area contributed by atoms with Crippen molar-refractivity contribution >= 4 is 50.9 Å². The molecule has 0 saturated heterocycles. The third kappa shape index (κ3) is 5.49. The van der Waals surface area contributed by atoms with Crippen LogP contribution in [0.25, 0.3) is 6.08 Å². The van der Waals surface area contributed by atoms with Crippen molar-refractivity contribution in [2.75, 3.05) is 5.32 Å². The molecule has 2 rings (SSSR count). The van der Waals surface area contributed by atoms with Gasteiger partial charge < -0.3 is 5.32 Å². The van der Waals surface area contributed by atoms with Crippen molar-refractivity contribution < 1.29 is 4.79 Å². The standard InChI is InChI=1S/C16H13BrN2OS/c17-13-7-4-8-14(11-13)18-16(21)19-15(20)10-9-12-5-2-1-3-6-12/h1-11H,(H2,18,19,20,21)/b10-9+. The van der Waals surface area contributed by atoms with Crippen LogP contribution in [0, 0.1) is 0 Å². The molecule has 5 heteroatoms. The number of anilines is 1. The molecule has 2 aromatic carbocycles. The van der Waals surface area contributed by atoms with Crippen LogP contribution < -0.4 is 10.6 Å². The number of thiocarbonyl (C=S) groups is 1. The third-order valence-electron chi connectivity index (χ3n) is 2.55. The van der Waals surface area contributed by atoms with E-state index in [4.69, 9.17) is 12.2 Å². The number of carbonyl (C=O) groups is 1. The zero-order valence-corrected chi connectivity index (χ0v) is 13.4. The molecule has 2 N–H and O–H groups in total. The van der Waals surface area contributed by atoms with Crippen molar-refractivity contribution in [3.8, 4) is 0 Å². The van der Waals surface area contributed by atoms with E-state index in [0.29, 0.717) is 0 Å². The Morgan fingerprint density at radius 3 is 2.57 bits per heavy atom. The molecule has 0 aliphatic heterocycles. The zero-order valence-electron chi connectivity index (χ0n) is 11.0. The first-order chi connectivity index (χ1) is 10.1. The third-order valence-corrected chi connectivity index (χ3v) is 3.24. The van der Waals surface area contributed by atoms with Crippen LogP contribution in [0.15, 0.2) is 65.1 Å². The molecule has 0 spiro atoms. The second kappa shape index (κ2) is 7.71. The maximum absolute atomic E-state index is 11.7. The minimum absolute atomic E-state index is 0.260. The summed E-state index contributed by atoms with van der Waals surface area (Å²) < 4.78 is 0.936. The normalized spacial score (nSPS) is 10.3. The molecule has 0 bridgehead atoms. The van der Waals surface area contributed by atoms with E-state index in [0.717, 1.165) is 15.7 Å². The van der Waals surface area contributed by atoms with Crippen LogP contribution in [0.3, 0.4) is 0 Å². The van der Waals surface area contributed by atoms with E-state index in [1.807, 2.05) is 54.6 Å². The minimum atomic E-state index is -0.272. The highest BCUT2D eigenvalue weighted by atomic mass is 79.9. The van der Waals surface area contributed by atoms with Crippen LogP contribution in [-0.2, 0) is 4.79 Å². The maximum Gasteiger partial charge on any atom is 0.250 e. The predicted octanol–water partition coefficient (Wildman–Crippen LogP) is 3.98. The molecule has 1 amide bonds. The lowest BCUT2D eigenvalue weighted by molar-refractivity contribution is -0.115. The van der Waals surface area contributed by atoms with Gasteiger partial charge in [0.05, 0.1) is 0 Å². The van der Waals surface area contributed by atoms with Crippen molar-refractivity contribution in [3.05, 3.63) is 70.7 Å². The zero-order chi connectivity index (χ0) is 15.1. The van der Waals surface area contributed by atoms with Gasteiger partial charge in [-0.05, 0) is 42.1 Å². The Kier molecular flexibility index (Phi) is 5.66. The number of nitrogens with one attached hydrogen (secondary N) is 2. The van der Waals surface area contributed by atoms with Gasteiger partial charge in [-0.3, -0.25) is 10.1 Å². The molecule has 0 atom stereocenters. The summed E-state index contributed by atoms with van der Waals surface area (Å²) in [6, 6.07) is 17.1. The van der Waals surface area contributed by atoms with Gasteiger partial charge in [-0.2, -0.15) is 0 Å². The lowest BCUT2D eigenvalue weighted by Gasteiger charge is -2.08. The number of halogens is 1. The summed E-state index contributed by atoms with van der Waals surface area (Å²) in [5.74, 6) is -0.272. The molecule has 0 unspecified atom stereocenters. The van der Waals surface area contributed by atoms with Gasteiger partial charge in [0.25, 0.3) is 0 Å². The monoisotopic (exact) mass is 360 g/mol. The SMILES string of the molecule is O=C(/C=C/c1ccccc1)NC(=S)Nc1cccc(Br)c1. The van der Waals surface area contributed by atoms with Crippen molar-refractivity contribution in [1.82, 2.24) is 5.32 Å². The van der Waals surface area contributed by atoms with Crippen LogP contribution in [0.5, 0.6) is 0 Å². The number of hydrogen-bond donors (Lipinski definition) is 2. The second-order valence-corrected chi connectivity index (χ2v) is 5.52. The lowest BCUT2D eigenvalue weighted by Crippen LogP contribution is -2.32. The average molecular weight is 361 g/mol. The van der Waals surface area contributed by atoms with Gasteiger partial charge in [0.1, 0.15) is 0 Å². The Hall–Kier alpha value is -1.98. The van der Waals surface area contributed by atoms with E-state index < -0.39 is 0 Å². The summed E-state index contributed by atoms with van der Waals surface area (Å²) in [7, 11) is 0. The summed E-state index contributed by atoms with van der Waals surface area (Å²) in [6.45, 7) is 0. The lowest BCUT2D eigenvalue weighted by atomic mass is 10.2. The van der Waals surface area contributed by atoms with E-state index in [9.17, 15) is 4.79 Å². The highest BCUT2D eigenvalue weighted by Crippen LogP contribution is 2.15. The Bertz CT molecular complexity index is 671. The Balaban J connectivity index is 1.88. The van der Waals surface area contributed by atoms with E-state index >= 15 is 0 Å². The van der Waals surface area contributed by atoms with E-state index in [1.54, 1.807) is 6.08 Å². The molecular formula is C16H13BrN2OS. The van der Waals surface area contributed by atoms with Crippen LogP contribution in [0.4, 0.5) is 5.69 Å². The quantitative estimate of drug-likeness (QED) is 0.642. The van der Waals surface area contributed by atoms with Crippen LogP contribution in [0.2, 0.25) is 0 Å². The first-order valence-electron chi connectivity index (χ1n) is 6.24. The molecule has 21 heavy (non-hydrogen) atoms. The predicted molar refractivity (Wildman–Crippen MR) is 94.0 cm³/mol. The molecule has 0 aromatic heterocycles. The topological polar surface area (TPSA) is 41.1 Å². The largest absolute Gasteiger partial charge is 0.332 e. The van der Waals surface area contributed by atoms with E-state index in [-0.39, 0.29) is 11.0 Å². The molecule has 0 aliphatic carbocycles. The Morgan fingerprint density at radius 2 is 1.86 bits per heavy atom. The molecule has 0 fully saturated rings. The van der Waals surface area contributed by atoms with Gasteiger partial charge in [-0.1, -0.05) is 52.3 Å². The Labute approximate surface area is 137 Å². The summed E-state index contributed by atoms with van der Waals surface area (Å²) >= 11 is 8.47. The van der Waals surface area contributed by atoms with Crippen molar-refractivity contribution in [3.63, 3.8) is 0 Å². The van der Waals surface area contributed by atoms with Gasteiger partial charge in [0.15, 0.2) is 5.11 Å². The summed E-state index contributed by atoms with van der Waals surface area (Å²) in [4.78, 5) is 11.7. The van der Waals surface area contributed by atoms with E-state index in [2.05, 4.69) is 26.6 Å². The number of benzene rings is 2. The number of rotatable bonds is 3. The fourth-order valence-corrected chi connectivity index (χ4v) is 2.24. The highest BCUT2D eigenvalue weighted by molar-refractivity contribution is 9.10. The molecule has 0 aliphatic rings. The van der Waals surface area contributed by atoms with Gasteiger partial charge in [-0.15, -0.1) is 0 Å². The molecule has 0 saturated carbocycles. The summed E-state index contributed by atoms with van der Waals surface area (Å²) in [5.41, 5.74) is 1.76. The van der Waals surface area contributed by atoms with Crippen LogP contribution in [-0.4, -0.2) is 11.0 Å². The minimum Gasteiger partial charge on any atom is -0.332 e. The number of carbonyl (C=O) groups excluding carboxylic acids is 1. The molecular weight excluding hydrogens is 348 g/mol. The fourth-order valence-electron chi connectivity index (χ4n) is 1.62. The smallest absolute Gasteiger partial charge is 0.250 e. The first-order valence-corrected chi connectivity index (χ1v) is 7.44. The van der Waals surface area contributed by atoms with Crippen molar-refractivity contribution in [2.24, 2.45) is 0 Å². The highest BCUT2D eigenvalue weighted by Gasteiger charge is 2.01. The van der Waals surface area contributed by atoms with Gasteiger partial charge in [0.2, 0.25) is 5.91 Å².